The van der Waals surface area contributed by atoms with Crippen LogP contribution < -0.4 is 10.5 Å². The quantitative estimate of drug-likeness (QED) is 0.646. The fraction of sp³-hybridized carbons (Fsp3) is 0.222. The van der Waals surface area contributed by atoms with E-state index in [0.717, 1.165) is 0 Å². The average molecular weight is 390 g/mol. The Bertz CT molecular complexity index is 1140. The number of carbonyl (C=O) groups excluding carboxylic acids is 1. The number of fused-ring (bicyclic) bond motifs is 1. The fourth-order valence-electron chi connectivity index (χ4n) is 2.56. The molecule has 142 valence electrons. The first kappa shape index (κ1) is 18.7. The number of esters is 1. The fourth-order valence-corrected chi connectivity index (χ4v) is 3.64. The zero-order valence-corrected chi connectivity index (χ0v) is 15.6. The van der Waals surface area contributed by atoms with Crippen molar-refractivity contribution < 1.29 is 22.4 Å². The molecule has 0 saturated heterocycles. The number of aromatic nitrogens is 1. The van der Waals surface area contributed by atoms with Crippen molar-refractivity contribution in [1.29, 1.82) is 0 Å². The van der Waals surface area contributed by atoms with Crippen molar-refractivity contribution in [3.8, 4) is 0 Å². The molecule has 0 atom stereocenters. The van der Waals surface area contributed by atoms with Crippen molar-refractivity contribution in [3.63, 3.8) is 0 Å². The summed E-state index contributed by atoms with van der Waals surface area (Å²) in [6.07, 6.45) is 0.116. The predicted molar refractivity (Wildman–Crippen MR) is 99.0 cm³/mol. The van der Waals surface area contributed by atoms with Crippen molar-refractivity contribution in [3.05, 3.63) is 58.6 Å². The van der Waals surface area contributed by atoms with Gasteiger partial charge in [-0.3, -0.25) is 14.1 Å². The Morgan fingerprint density at radius 2 is 1.89 bits per heavy atom. The van der Waals surface area contributed by atoms with Crippen LogP contribution >= 0.6 is 0 Å². The molecule has 0 aliphatic carbocycles. The summed E-state index contributed by atoms with van der Waals surface area (Å²) in [5.41, 5.74) is 1.75. The minimum absolute atomic E-state index is 0.0278. The van der Waals surface area contributed by atoms with Gasteiger partial charge in [-0.05, 0) is 36.8 Å². The van der Waals surface area contributed by atoms with Gasteiger partial charge in [0.05, 0.1) is 23.4 Å². The summed E-state index contributed by atoms with van der Waals surface area (Å²) in [6.45, 7) is 2.04. The number of nitrogens with zero attached hydrogens (tertiary/aromatic N) is 1. The van der Waals surface area contributed by atoms with Crippen LogP contribution in [0.4, 0.5) is 5.69 Å². The highest BCUT2D eigenvalue weighted by molar-refractivity contribution is 7.92. The van der Waals surface area contributed by atoms with Gasteiger partial charge in [0, 0.05) is 18.8 Å². The summed E-state index contributed by atoms with van der Waals surface area (Å²) in [5, 5.41) is 0. The molecule has 0 bridgehead atoms. The maximum absolute atomic E-state index is 12.6. The van der Waals surface area contributed by atoms with E-state index in [1.165, 1.54) is 22.8 Å². The monoisotopic (exact) mass is 390 g/mol. The smallest absolute Gasteiger partial charge is 0.419 e. The largest absolute Gasteiger partial charge is 0.466 e. The number of aryl methyl sites for hydroxylation is 1. The van der Waals surface area contributed by atoms with E-state index in [0.29, 0.717) is 23.4 Å². The third-order valence-corrected chi connectivity index (χ3v) is 5.31. The highest BCUT2D eigenvalue weighted by Gasteiger charge is 2.17. The molecular weight excluding hydrogens is 372 g/mol. The lowest BCUT2D eigenvalue weighted by Gasteiger charge is -2.09. The molecule has 0 fully saturated rings. The zero-order valence-electron chi connectivity index (χ0n) is 14.8. The molecule has 2 aromatic carbocycles. The van der Waals surface area contributed by atoms with Crippen LogP contribution in [0.5, 0.6) is 0 Å². The van der Waals surface area contributed by atoms with Crippen molar-refractivity contribution >= 4 is 32.8 Å². The normalized spacial score (nSPS) is 11.5. The molecule has 0 saturated carbocycles. The number of sulfonamides is 1. The summed E-state index contributed by atoms with van der Waals surface area (Å²) >= 11 is 0. The maximum atomic E-state index is 12.6. The summed E-state index contributed by atoms with van der Waals surface area (Å²) in [6, 6.07) is 10.6. The second kappa shape index (κ2) is 7.28. The number of oxazole rings is 1. The van der Waals surface area contributed by atoms with Gasteiger partial charge in [-0.15, -0.1) is 0 Å². The molecule has 9 heteroatoms. The second-order valence-electron chi connectivity index (χ2n) is 5.84. The molecule has 1 N–H and O–H groups in total. The van der Waals surface area contributed by atoms with E-state index in [4.69, 9.17) is 9.15 Å². The van der Waals surface area contributed by atoms with Crippen LogP contribution in [0.3, 0.4) is 0 Å². The molecule has 0 unspecified atom stereocenters. The molecule has 0 aliphatic rings. The van der Waals surface area contributed by atoms with Crippen molar-refractivity contribution in [2.75, 3.05) is 11.3 Å². The van der Waals surface area contributed by atoms with E-state index in [-0.39, 0.29) is 22.9 Å². The van der Waals surface area contributed by atoms with E-state index >= 15 is 0 Å². The third kappa shape index (κ3) is 4.03. The van der Waals surface area contributed by atoms with E-state index < -0.39 is 15.8 Å². The van der Waals surface area contributed by atoms with Gasteiger partial charge in [0.15, 0.2) is 5.58 Å². The topological polar surface area (TPSA) is 108 Å². The molecule has 3 aromatic rings. The van der Waals surface area contributed by atoms with Gasteiger partial charge >= 0.3 is 11.7 Å². The van der Waals surface area contributed by atoms with Crippen molar-refractivity contribution in [1.82, 2.24) is 4.57 Å². The summed E-state index contributed by atoms with van der Waals surface area (Å²) in [7, 11) is -2.33. The Kier molecular flexibility index (Phi) is 5.04. The predicted octanol–water partition coefficient (Wildman–Crippen LogP) is 2.04. The lowest BCUT2D eigenvalue weighted by molar-refractivity contribution is -0.142. The van der Waals surface area contributed by atoms with Gasteiger partial charge in [-0.1, -0.05) is 12.1 Å². The lowest BCUT2D eigenvalue weighted by Crippen LogP contribution is -2.13. The standard InChI is InChI=1S/C18H18N2O6S/c1-3-25-17(21)10-12-4-6-13(7-5-12)19-27(23,24)14-8-9-15-16(11-14)26-18(22)20(15)2/h4-9,11,19H,3,10H2,1-2H3. The second-order valence-corrected chi connectivity index (χ2v) is 7.52. The lowest BCUT2D eigenvalue weighted by atomic mass is 10.1. The highest BCUT2D eigenvalue weighted by Crippen LogP contribution is 2.21. The van der Waals surface area contributed by atoms with Crippen molar-refractivity contribution in [2.24, 2.45) is 7.05 Å². The number of nitrogens with one attached hydrogen (secondary N) is 1. The van der Waals surface area contributed by atoms with Crippen LogP contribution in [0.15, 0.2) is 56.6 Å². The Balaban J connectivity index is 1.80. The van der Waals surface area contributed by atoms with Gasteiger partial charge < -0.3 is 9.15 Å². The molecule has 8 nitrogen and oxygen atoms in total. The Hall–Kier alpha value is -3.07. The maximum Gasteiger partial charge on any atom is 0.419 e. The molecule has 3 rings (SSSR count). The number of carbonyl (C=O) groups is 1. The van der Waals surface area contributed by atoms with Crippen molar-refractivity contribution in [2.45, 2.75) is 18.2 Å². The average Bonchev–Trinajstić information content (AvgIpc) is 2.90. The van der Waals surface area contributed by atoms with E-state index in [1.807, 2.05) is 0 Å². The van der Waals surface area contributed by atoms with Gasteiger partial charge in [-0.2, -0.15) is 0 Å². The molecule has 1 aromatic heterocycles. The number of rotatable bonds is 6. The molecule has 0 aliphatic heterocycles. The van der Waals surface area contributed by atoms with Crippen LogP contribution in [0.1, 0.15) is 12.5 Å². The Morgan fingerprint density at radius 1 is 1.19 bits per heavy atom. The Morgan fingerprint density at radius 3 is 2.56 bits per heavy atom. The summed E-state index contributed by atoms with van der Waals surface area (Å²) in [4.78, 5) is 23.0. The zero-order chi connectivity index (χ0) is 19.6. The number of anilines is 1. The summed E-state index contributed by atoms with van der Waals surface area (Å²) < 4.78 is 38.8. The molecule has 1 heterocycles. The minimum Gasteiger partial charge on any atom is -0.466 e. The summed E-state index contributed by atoms with van der Waals surface area (Å²) in [5.74, 6) is -0.909. The first-order valence-corrected chi connectivity index (χ1v) is 9.65. The Labute approximate surface area is 155 Å². The molecular formula is C18H18N2O6S. The van der Waals surface area contributed by atoms with Gasteiger partial charge in [0.2, 0.25) is 0 Å². The SMILES string of the molecule is CCOC(=O)Cc1ccc(NS(=O)(=O)c2ccc3c(c2)oc(=O)n3C)cc1. The number of benzene rings is 2. The van der Waals surface area contributed by atoms with E-state index in [1.54, 1.807) is 38.2 Å². The highest BCUT2D eigenvalue weighted by atomic mass is 32.2. The van der Waals surface area contributed by atoms with Gasteiger partial charge in [0.1, 0.15) is 0 Å². The number of hydrogen-bond acceptors (Lipinski definition) is 6. The molecule has 0 amide bonds. The third-order valence-electron chi connectivity index (χ3n) is 3.93. The first-order valence-electron chi connectivity index (χ1n) is 8.17. The molecule has 27 heavy (non-hydrogen) atoms. The van der Waals surface area contributed by atoms with Crippen LogP contribution in [0.2, 0.25) is 0 Å². The van der Waals surface area contributed by atoms with E-state index in [2.05, 4.69) is 4.72 Å². The van der Waals surface area contributed by atoms with Gasteiger partial charge in [-0.25, -0.2) is 13.2 Å². The van der Waals surface area contributed by atoms with Crippen LogP contribution in [-0.4, -0.2) is 25.6 Å². The first-order chi connectivity index (χ1) is 12.8. The van der Waals surface area contributed by atoms with Crippen LogP contribution in [-0.2, 0) is 33.0 Å². The number of ether oxygens (including phenoxy) is 1. The van der Waals surface area contributed by atoms with E-state index in [9.17, 15) is 18.0 Å². The van der Waals surface area contributed by atoms with Gasteiger partial charge in [0.25, 0.3) is 10.0 Å². The van der Waals surface area contributed by atoms with Crippen LogP contribution in [0.25, 0.3) is 11.1 Å². The molecule has 0 spiro atoms. The minimum atomic E-state index is -3.87. The molecule has 0 radical (unpaired) electrons. The number of hydrogen-bond donors (Lipinski definition) is 1. The van der Waals surface area contributed by atoms with Crippen LogP contribution in [0, 0.1) is 0 Å².